The molecule has 7 nitrogen and oxygen atoms in total. The lowest BCUT2D eigenvalue weighted by Gasteiger charge is -2.31. The van der Waals surface area contributed by atoms with Gasteiger partial charge in [0, 0.05) is 24.6 Å². The van der Waals surface area contributed by atoms with E-state index >= 15 is 0 Å². The topological polar surface area (TPSA) is 91.4 Å². The molecule has 0 unspecified atom stereocenters. The molecule has 138 valence electrons. The number of amides is 4. The predicted octanol–water partition coefficient (Wildman–Crippen LogP) is 1.97. The first-order valence-corrected chi connectivity index (χ1v) is 8.59. The Bertz CT molecular complexity index is 865. The molecular weight excluding hydrogens is 344 g/mol. The number of carbonyl (C=O) groups excluding carboxylic acids is 3. The van der Waals surface area contributed by atoms with Gasteiger partial charge in [-0.05, 0) is 24.1 Å². The fourth-order valence-corrected chi connectivity index (χ4v) is 2.88. The number of hydrogen-bond acceptors (Lipinski definition) is 5. The Morgan fingerprint density at radius 1 is 1.15 bits per heavy atom. The van der Waals surface area contributed by atoms with E-state index in [0.29, 0.717) is 12.2 Å². The van der Waals surface area contributed by atoms with Crippen molar-refractivity contribution in [3.05, 3.63) is 77.8 Å². The number of pyridine rings is 1. The van der Waals surface area contributed by atoms with Crippen LogP contribution in [0.25, 0.3) is 0 Å². The molecule has 2 aromatic rings. The lowest BCUT2D eigenvalue weighted by Crippen LogP contribution is -2.58. The third-order valence-corrected chi connectivity index (χ3v) is 4.28. The average Bonchev–Trinajstić information content (AvgIpc) is 2.69. The van der Waals surface area contributed by atoms with Crippen LogP contribution in [0, 0.1) is 5.92 Å². The monoisotopic (exact) mass is 364 g/mol. The number of nitrogens with one attached hydrogen (secondary N) is 2. The van der Waals surface area contributed by atoms with Crippen LogP contribution in [-0.2, 0) is 22.7 Å². The van der Waals surface area contributed by atoms with E-state index < -0.39 is 23.8 Å². The molecule has 0 spiro atoms. The van der Waals surface area contributed by atoms with Gasteiger partial charge in [0.25, 0.3) is 0 Å². The van der Waals surface area contributed by atoms with Crippen LogP contribution in [-0.4, -0.2) is 27.7 Å². The van der Waals surface area contributed by atoms with Crippen molar-refractivity contribution in [1.82, 2.24) is 20.5 Å². The number of allylic oxidation sites excluding steroid dienone is 1. The van der Waals surface area contributed by atoms with E-state index in [0.717, 1.165) is 16.0 Å². The number of nitrogens with zero attached hydrogens (tertiary/aromatic N) is 2. The quantitative estimate of drug-likeness (QED) is 0.765. The summed E-state index contributed by atoms with van der Waals surface area (Å²) in [6.07, 6.45) is 5.05. The van der Waals surface area contributed by atoms with Gasteiger partial charge in [-0.15, -0.1) is 0 Å². The second-order valence-corrected chi connectivity index (χ2v) is 6.10. The normalized spacial score (nSPS) is 17.7. The third-order valence-electron chi connectivity index (χ3n) is 4.28. The summed E-state index contributed by atoms with van der Waals surface area (Å²) in [5, 5.41) is 5.39. The highest BCUT2D eigenvalue weighted by atomic mass is 16.2. The van der Waals surface area contributed by atoms with Crippen molar-refractivity contribution in [2.75, 3.05) is 0 Å². The molecule has 0 saturated carbocycles. The van der Waals surface area contributed by atoms with Gasteiger partial charge < -0.3 is 5.32 Å². The molecule has 1 aromatic carbocycles. The highest BCUT2D eigenvalue weighted by Crippen LogP contribution is 2.20. The Kier molecular flexibility index (Phi) is 5.61. The number of hydrogen-bond donors (Lipinski definition) is 2. The summed E-state index contributed by atoms with van der Waals surface area (Å²) in [7, 11) is 0. The third kappa shape index (κ3) is 4.20. The van der Waals surface area contributed by atoms with Gasteiger partial charge in [-0.1, -0.05) is 42.5 Å². The van der Waals surface area contributed by atoms with E-state index in [1.165, 1.54) is 0 Å². The van der Waals surface area contributed by atoms with Crippen LogP contribution in [0.2, 0.25) is 0 Å². The highest BCUT2D eigenvalue weighted by molar-refractivity contribution is 6.17. The molecule has 27 heavy (non-hydrogen) atoms. The van der Waals surface area contributed by atoms with Crippen LogP contribution in [0.1, 0.15) is 18.1 Å². The summed E-state index contributed by atoms with van der Waals surface area (Å²) in [6.45, 7) is 2.26. The van der Waals surface area contributed by atoms with E-state index in [1.54, 1.807) is 25.4 Å². The molecule has 1 saturated heterocycles. The molecular formula is C20H20N4O3. The van der Waals surface area contributed by atoms with Crippen molar-refractivity contribution >= 4 is 17.8 Å². The van der Waals surface area contributed by atoms with Crippen molar-refractivity contribution in [3.63, 3.8) is 0 Å². The molecule has 1 fully saturated rings. The summed E-state index contributed by atoms with van der Waals surface area (Å²) in [4.78, 5) is 42.6. The van der Waals surface area contributed by atoms with Gasteiger partial charge in [0.15, 0.2) is 5.92 Å². The highest BCUT2D eigenvalue weighted by Gasteiger charge is 2.42. The number of benzene rings is 1. The predicted molar refractivity (Wildman–Crippen MR) is 98.9 cm³/mol. The van der Waals surface area contributed by atoms with Gasteiger partial charge in [0.05, 0.1) is 6.54 Å². The molecule has 4 amide bonds. The number of aromatic nitrogens is 1. The molecule has 1 aliphatic heterocycles. The Hall–Kier alpha value is -3.48. The molecule has 1 atom stereocenters. The number of imide groups is 2. The summed E-state index contributed by atoms with van der Waals surface area (Å²) < 4.78 is 0. The molecule has 0 radical (unpaired) electrons. The molecule has 7 heteroatoms. The Morgan fingerprint density at radius 2 is 1.89 bits per heavy atom. The number of urea groups is 1. The first-order chi connectivity index (χ1) is 13.1. The fourth-order valence-electron chi connectivity index (χ4n) is 2.88. The van der Waals surface area contributed by atoms with E-state index in [-0.39, 0.29) is 6.54 Å². The molecule has 1 aromatic heterocycles. The SMILES string of the molecule is C/C=C(/NCc1cccnc1)[C@H]1C(=O)NC(=O)N(Cc2ccccc2)C1=O. The smallest absolute Gasteiger partial charge is 0.331 e. The van der Waals surface area contributed by atoms with Crippen LogP contribution in [0.15, 0.2) is 66.6 Å². The van der Waals surface area contributed by atoms with Gasteiger partial charge in [-0.2, -0.15) is 0 Å². The molecule has 3 rings (SSSR count). The second-order valence-electron chi connectivity index (χ2n) is 6.10. The van der Waals surface area contributed by atoms with Gasteiger partial charge in [-0.3, -0.25) is 24.8 Å². The van der Waals surface area contributed by atoms with E-state index in [2.05, 4.69) is 15.6 Å². The molecule has 0 aliphatic carbocycles. The number of carbonyl (C=O) groups is 3. The van der Waals surface area contributed by atoms with Crippen molar-refractivity contribution in [1.29, 1.82) is 0 Å². The minimum absolute atomic E-state index is 0.106. The molecule has 1 aliphatic rings. The maximum atomic E-state index is 12.9. The largest absolute Gasteiger partial charge is 0.383 e. The van der Waals surface area contributed by atoms with Gasteiger partial charge in [0.2, 0.25) is 11.8 Å². The van der Waals surface area contributed by atoms with Crippen LogP contribution >= 0.6 is 0 Å². The van der Waals surface area contributed by atoms with E-state index in [1.807, 2.05) is 42.5 Å². The van der Waals surface area contributed by atoms with Crippen molar-refractivity contribution in [2.24, 2.45) is 5.92 Å². The van der Waals surface area contributed by atoms with Crippen LogP contribution < -0.4 is 10.6 Å². The maximum absolute atomic E-state index is 12.9. The number of barbiturate groups is 1. The van der Waals surface area contributed by atoms with E-state index in [9.17, 15) is 14.4 Å². The minimum atomic E-state index is -1.09. The fraction of sp³-hybridized carbons (Fsp3) is 0.200. The van der Waals surface area contributed by atoms with Crippen molar-refractivity contribution < 1.29 is 14.4 Å². The standard InChI is InChI=1S/C20H20N4O3/c1-2-16(22-12-15-9-6-10-21-11-15)17-18(25)23-20(27)24(19(17)26)13-14-7-4-3-5-8-14/h2-11,17,22H,12-13H2,1H3,(H,23,25,27)/b16-2+/t17-/m0/s1. The van der Waals surface area contributed by atoms with Crippen LogP contribution in [0.5, 0.6) is 0 Å². The molecule has 2 heterocycles. The van der Waals surface area contributed by atoms with E-state index in [4.69, 9.17) is 0 Å². The number of rotatable bonds is 6. The Balaban J connectivity index is 1.76. The Labute approximate surface area is 157 Å². The summed E-state index contributed by atoms with van der Waals surface area (Å²) in [5.74, 6) is -2.26. The summed E-state index contributed by atoms with van der Waals surface area (Å²) in [5.41, 5.74) is 2.17. The van der Waals surface area contributed by atoms with Crippen LogP contribution in [0.3, 0.4) is 0 Å². The zero-order valence-corrected chi connectivity index (χ0v) is 14.9. The molecule has 2 N–H and O–H groups in total. The summed E-state index contributed by atoms with van der Waals surface area (Å²) >= 11 is 0. The lowest BCUT2D eigenvalue weighted by atomic mass is 9.99. The van der Waals surface area contributed by atoms with Crippen LogP contribution in [0.4, 0.5) is 4.79 Å². The minimum Gasteiger partial charge on any atom is -0.383 e. The van der Waals surface area contributed by atoms with Gasteiger partial charge in [0.1, 0.15) is 0 Å². The zero-order chi connectivity index (χ0) is 19.2. The Morgan fingerprint density at radius 3 is 2.56 bits per heavy atom. The maximum Gasteiger partial charge on any atom is 0.331 e. The van der Waals surface area contributed by atoms with Crippen molar-refractivity contribution in [2.45, 2.75) is 20.0 Å². The second kappa shape index (κ2) is 8.27. The first-order valence-electron chi connectivity index (χ1n) is 8.59. The van der Waals surface area contributed by atoms with Crippen molar-refractivity contribution in [3.8, 4) is 0 Å². The zero-order valence-electron chi connectivity index (χ0n) is 14.9. The lowest BCUT2D eigenvalue weighted by molar-refractivity contribution is -0.141. The summed E-state index contributed by atoms with van der Waals surface area (Å²) in [6, 6.07) is 12.2. The molecule has 0 bridgehead atoms. The van der Waals surface area contributed by atoms with Gasteiger partial charge in [-0.25, -0.2) is 4.79 Å². The first kappa shape index (κ1) is 18.3. The van der Waals surface area contributed by atoms with Gasteiger partial charge >= 0.3 is 6.03 Å². The average molecular weight is 364 g/mol.